The molecule has 0 aliphatic carbocycles. The van der Waals surface area contributed by atoms with Crippen molar-refractivity contribution in [3.8, 4) is 0 Å². The fraction of sp³-hybridized carbons (Fsp3) is 0.167. The van der Waals surface area contributed by atoms with Gasteiger partial charge in [-0.3, -0.25) is 4.72 Å². The first-order chi connectivity index (χ1) is 9.33. The molecule has 1 aromatic carbocycles. The Morgan fingerprint density at radius 3 is 2.65 bits per heavy atom. The van der Waals surface area contributed by atoms with Crippen molar-refractivity contribution in [2.45, 2.75) is 11.4 Å². The highest BCUT2D eigenvalue weighted by molar-refractivity contribution is 9.10. The van der Waals surface area contributed by atoms with Gasteiger partial charge >= 0.3 is 0 Å². The summed E-state index contributed by atoms with van der Waals surface area (Å²) < 4.78 is 42.0. The predicted molar refractivity (Wildman–Crippen MR) is 78.2 cm³/mol. The van der Waals surface area contributed by atoms with Gasteiger partial charge in [0.05, 0.1) is 10.2 Å². The lowest BCUT2D eigenvalue weighted by atomic mass is 10.3. The van der Waals surface area contributed by atoms with Crippen molar-refractivity contribution in [2.24, 2.45) is 12.8 Å². The van der Waals surface area contributed by atoms with Crippen LogP contribution in [0.2, 0.25) is 0 Å². The maximum Gasteiger partial charge on any atom is 0.263 e. The lowest BCUT2D eigenvalue weighted by molar-refractivity contribution is 0.601. The Bertz CT molecular complexity index is 743. The number of halogens is 2. The second kappa shape index (κ2) is 5.55. The van der Waals surface area contributed by atoms with Crippen LogP contribution >= 0.6 is 15.9 Å². The number of hydrogen-bond acceptors (Lipinski definition) is 3. The molecule has 0 aliphatic heterocycles. The van der Waals surface area contributed by atoms with Crippen LogP contribution in [0.3, 0.4) is 0 Å². The first-order valence-electron chi connectivity index (χ1n) is 5.66. The molecule has 0 aliphatic rings. The van der Waals surface area contributed by atoms with Crippen LogP contribution in [0.4, 0.5) is 10.1 Å². The number of anilines is 1. The van der Waals surface area contributed by atoms with Crippen LogP contribution < -0.4 is 10.5 Å². The third-order valence-corrected chi connectivity index (χ3v) is 4.77. The molecule has 2 rings (SSSR count). The zero-order valence-corrected chi connectivity index (χ0v) is 13.0. The Kier molecular flexibility index (Phi) is 4.17. The first kappa shape index (κ1) is 15.0. The van der Waals surface area contributed by atoms with Gasteiger partial charge in [0.25, 0.3) is 10.0 Å². The molecule has 0 fully saturated rings. The van der Waals surface area contributed by atoms with E-state index in [-0.39, 0.29) is 21.6 Å². The number of hydrogen-bond donors (Lipinski definition) is 2. The number of nitrogens with zero attached hydrogens (tertiary/aromatic N) is 1. The second-order valence-electron chi connectivity index (χ2n) is 4.22. The summed E-state index contributed by atoms with van der Waals surface area (Å²) in [6, 6.07) is 5.49. The molecule has 0 atom stereocenters. The average Bonchev–Trinajstić information content (AvgIpc) is 2.76. The second-order valence-corrected chi connectivity index (χ2v) is 6.75. The van der Waals surface area contributed by atoms with E-state index in [0.717, 1.165) is 6.07 Å². The summed E-state index contributed by atoms with van der Waals surface area (Å²) in [5, 5.41) is 0. The van der Waals surface area contributed by atoms with Crippen molar-refractivity contribution < 1.29 is 12.8 Å². The van der Waals surface area contributed by atoms with Gasteiger partial charge < -0.3 is 10.3 Å². The molecule has 20 heavy (non-hydrogen) atoms. The Balaban J connectivity index is 2.32. The first-order valence-corrected chi connectivity index (χ1v) is 7.94. The topological polar surface area (TPSA) is 77.1 Å². The third kappa shape index (κ3) is 3.02. The maximum absolute atomic E-state index is 13.4. The van der Waals surface area contributed by atoms with Crippen LogP contribution in [-0.4, -0.2) is 13.0 Å². The molecule has 0 saturated carbocycles. The predicted octanol–water partition coefficient (Wildman–Crippen LogP) is 2.19. The normalized spacial score (nSPS) is 11.6. The van der Waals surface area contributed by atoms with Crippen molar-refractivity contribution in [1.29, 1.82) is 0 Å². The van der Waals surface area contributed by atoms with Crippen LogP contribution in [-0.2, 0) is 23.6 Å². The van der Waals surface area contributed by atoms with Gasteiger partial charge in [-0.25, -0.2) is 12.8 Å². The van der Waals surface area contributed by atoms with E-state index in [1.54, 1.807) is 11.6 Å². The van der Waals surface area contributed by atoms with Crippen molar-refractivity contribution in [3.63, 3.8) is 0 Å². The molecule has 108 valence electrons. The molecule has 0 unspecified atom stereocenters. The summed E-state index contributed by atoms with van der Waals surface area (Å²) in [7, 11) is -2.05. The fourth-order valence-corrected chi connectivity index (χ4v) is 3.09. The molecule has 0 saturated heterocycles. The van der Waals surface area contributed by atoms with E-state index < -0.39 is 15.8 Å². The Morgan fingerprint density at radius 2 is 2.10 bits per heavy atom. The largest absolute Gasteiger partial charge is 0.352 e. The summed E-state index contributed by atoms with van der Waals surface area (Å²) in [6.07, 6.45) is 1.46. The lowest BCUT2D eigenvalue weighted by Crippen LogP contribution is -2.12. The summed E-state index contributed by atoms with van der Waals surface area (Å²) in [4.78, 5) is 0.0868. The Hall–Kier alpha value is -1.38. The molecule has 2 aromatic rings. The highest BCUT2D eigenvalue weighted by atomic mass is 79.9. The molecule has 1 heterocycles. The molecule has 0 radical (unpaired) electrons. The van der Waals surface area contributed by atoms with Crippen LogP contribution in [0, 0.1) is 5.82 Å². The molecule has 5 nitrogen and oxygen atoms in total. The minimum atomic E-state index is -3.76. The van der Waals surface area contributed by atoms with Gasteiger partial charge in [0.1, 0.15) is 10.7 Å². The van der Waals surface area contributed by atoms with Gasteiger partial charge in [-0.2, -0.15) is 0 Å². The molecule has 0 bridgehead atoms. The van der Waals surface area contributed by atoms with Crippen molar-refractivity contribution in [2.75, 3.05) is 4.72 Å². The number of nitrogens with one attached hydrogen (secondary N) is 1. The maximum atomic E-state index is 13.4. The van der Waals surface area contributed by atoms with Crippen molar-refractivity contribution in [1.82, 2.24) is 4.57 Å². The van der Waals surface area contributed by atoms with Gasteiger partial charge in [-0.15, -0.1) is 0 Å². The van der Waals surface area contributed by atoms with Gasteiger partial charge in [-0.05, 0) is 40.2 Å². The number of sulfonamides is 1. The zero-order chi connectivity index (χ0) is 14.9. The monoisotopic (exact) mass is 361 g/mol. The standard InChI is InChI=1S/C12H13BrFN3O2S/c1-17-7-10(5-9(17)6-15)20(18,19)16-8-2-3-11(13)12(14)4-8/h2-5,7,16H,6,15H2,1H3. The molecule has 0 spiro atoms. The quantitative estimate of drug-likeness (QED) is 0.875. The highest BCUT2D eigenvalue weighted by Gasteiger charge is 2.17. The SMILES string of the molecule is Cn1cc(S(=O)(=O)Nc2ccc(Br)c(F)c2)cc1CN. The summed E-state index contributed by atoms with van der Waals surface area (Å²) in [6.45, 7) is 0.235. The summed E-state index contributed by atoms with van der Waals surface area (Å²) in [5.74, 6) is -0.541. The van der Waals surface area contributed by atoms with Crippen LogP contribution in [0.25, 0.3) is 0 Å². The molecule has 0 amide bonds. The van der Waals surface area contributed by atoms with Gasteiger partial charge in [0, 0.05) is 25.5 Å². The van der Waals surface area contributed by atoms with Crippen LogP contribution in [0.1, 0.15) is 5.69 Å². The number of aromatic nitrogens is 1. The van der Waals surface area contributed by atoms with Gasteiger partial charge in [0.2, 0.25) is 0 Å². The Labute approximate surface area is 124 Å². The summed E-state index contributed by atoms with van der Waals surface area (Å²) in [5.41, 5.74) is 6.35. The van der Waals surface area contributed by atoms with E-state index in [1.165, 1.54) is 24.4 Å². The van der Waals surface area contributed by atoms with E-state index >= 15 is 0 Å². The van der Waals surface area contributed by atoms with E-state index in [1.807, 2.05) is 0 Å². The highest BCUT2D eigenvalue weighted by Crippen LogP contribution is 2.22. The molecular formula is C12H13BrFN3O2S. The fourth-order valence-electron chi connectivity index (χ4n) is 1.70. The van der Waals surface area contributed by atoms with E-state index in [4.69, 9.17) is 5.73 Å². The van der Waals surface area contributed by atoms with Gasteiger partial charge in [0.15, 0.2) is 0 Å². The number of benzene rings is 1. The number of nitrogens with two attached hydrogens (primary N) is 1. The third-order valence-electron chi connectivity index (χ3n) is 2.77. The van der Waals surface area contributed by atoms with E-state index in [2.05, 4.69) is 20.7 Å². The van der Waals surface area contributed by atoms with Crippen LogP contribution in [0.15, 0.2) is 39.8 Å². The van der Waals surface area contributed by atoms with Crippen LogP contribution in [0.5, 0.6) is 0 Å². The van der Waals surface area contributed by atoms with Gasteiger partial charge in [-0.1, -0.05) is 0 Å². The number of aryl methyl sites for hydroxylation is 1. The smallest absolute Gasteiger partial charge is 0.263 e. The van der Waals surface area contributed by atoms with Crippen molar-refractivity contribution >= 4 is 31.6 Å². The molecular weight excluding hydrogens is 349 g/mol. The zero-order valence-electron chi connectivity index (χ0n) is 10.6. The van der Waals surface area contributed by atoms with E-state index in [9.17, 15) is 12.8 Å². The minimum Gasteiger partial charge on any atom is -0.352 e. The summed E-state index contributed by atoms with van der Waals surface area (Å²) >= 11 is 3.01. The Morgan fingerprint density at radius 1 is 1.40 bits per heavy atom. The molecule has 1 aromatic heterocycles. The number of rotatable bonds is 4. The van der Waals surface area contributed by atoms with Crippen molar-refractivity contribution in [3.05, 3.63) is 46.4 Å². The molecule has 3 N–H and O–H groups in total. The minimum absolute atomic E-state index is 0.0868. The lowest BCUT2D eigenvalue weighted by Gasteiger charge is -2.07. The molecule has 8 heteroatoms. The average molecular weight is 362 g/mol. The van der Waals surface area contributed by atoms with E-state index in [0.29, 0.717) is 5.69 Å².